The van der Waals surface area contributed by atoms with Crippen molar-refractivity contribution in [2.24, 2.45) is 0 Å². The van der Waals surface area contributed by atoms with Crippen molar-refractivity contribution in [1.82, 2.24) is 19.9 Å². The maximum Gasteiger partial charge on any atom is 0.163 e. The molecule has 0 unspecified atom stereocenters. The van der Waals surface area contributed by atoms with Crippen LogP contribution in [0.3, 0.4) is 0 Å². The first kappa shape index (κ1) is 17.9. The summed E-state index contributed by atoms with van der Waals surface area (Å²) in [6.07, 6.45) is 4.13. The van der Waals surface area contributed by atoms with Crippen LogP contribution in [0.25, 0.3) is 28.1 Å². The first-order valence-electron chi connectivity index (χ1n) is 9.98. The van der Waals surface area contributed by atoms with Crippen molar-refractivity contribution in [2.75, 3.05) is 13.1 Å². The van der Waals surface area contributed by atoms with E-state index in [4.69, 9.17) is 9.72 Å². The summed E-state index contributed by atoms with van der Waals surface area (Å²) in [7, 11) is 0. The summed E-state index contributed by atoms with van der Waals surface area (Å²) < 4.78 is 8.22. The molecule has 0 radical (unpaired) electrons. The fraction of sp³-hybridized carbons (Fsp3) is 0.250. The number of nitrogens with zero attached hydrogens (tertiary/aromatic N) is 3. The van der Waals surface area contributed by atoms with Crippen LogP contribution in [0.15, 0.2) is 54.9 Å². The predicted molar refractivity (Wildman–Crippen MR) is 116 cm³/mol. The molecule has 1 saturated heterocycles. The van der Waals surface area contributed by atoms with E-state index in [0.717, 1.165) is 52.5 Å². The molecule has 1 aliphatic rings. The van der Waals surface area contributed by atoms with Crippen molar-refractivity contribution in [3.05, 3.63) is 71.5 Å². The molecule has 5 rings (SSSR count). The Morgan fingerprint density at radius 1 is 1.00 bits per heavy atom. The first-order valence-corrected chi connectivity index (χ1v) is 9.98. The van der Waals surface area contributed by atoms with E-state index in [1.54, 1.807) is 0 Å². The third-order valence-corrected chi connectivity index (χ3v) is 5.40. The van der Waals surface area contributed by atoms with Crippen LogP contribution in [0.5, 0.6) is 5.75 Å². The molecule has 2 aromatic heterocycles. The summed E-state index contributed by atoms with van der Waals surface area (Å²) in [5, 5.41) is 3.25. The normalized spacial score (nSPS) is 14.2. The molecule has 2 aromatic carbocycles. The van der Waals surface area contributed by atoms with Crippen molar-refractivity contribution < 1.29 is 4.74 Å². The second-order valence-electron chi connectivity index (χ2n) is 7.87. The van der Waals surface area contributed by atoms with Gasteiger partial charge in [0.05, 0.1) is 17.6 Å². The highest BCUT2D eigenvalue weighted by Crippen LogP contribution is 2.27. The third kappa shape index (κ3) is 3.38. The monoisotopic (exact) mass is 384 g/mol. The molecular weight excluding hydrogens is 360 g/mol. The topological polar surface area (TPSA) is 52.0 Å². The largest absolute Gasteiger partial charge is 0.487 e. The van der Waals surface area contributed by atoms with Crippen LogP contribution in [-0.2, 0) is 0 Å². The Hall–Kier alpha value is -3.18. The van der Waals surface area contributed by atoms with Gasteiger partial charge in [-0.15, -0.1) is 0 Å². The van der Waals surface area contributed by atoms with E-state index < -0.39 is 0 Å². The lowest BCUT2D eigenvalue weighted by molar-refractivity contribution is 0.141. The number of ether oxygens (including phenoxy) is 1. The maximum absolute atomic E-state index is 6.14. The lowest BCUT2D eigenvalue weighted by atomic mass is 10.1. The molecule has 3 heterocycles. The highest BCUT2D eigenvalue weighted by molar-refractivity contribution is 5.77. The zero-order valence-electron chi connectivity index (χ0n) is 16.9. The molecule has 0 aliphatic carbocycles. The zero-order chi connectivity index (χ0) is 20.0. The van der Waals surface area contributed by atoms with Crippen molar-refractivity contribution in [3.8, 4) is 22.7 Å². The minimum absolute atomic E-state index is 0.251. The number of aryl methyl sites for hydroxylation is 3. The van der Waals surface area contributed by atoms with Gasteiger partial charge in [-0.3, -0.25) is 9.55 Å². The van der Waals surface area contributed by atoms with E-state index >= 15 is 0 Å². The van der Waals surface area contributed by atoms with Gasteiger partial charge in [-0.25, -0.2) is 4.98 Å². The van der Waals surface area contributed by atoms with E-state index in [2.05, 4.69) is 72.0 Å². The standard InChI is InChI=1S/C24H24N4O/c1-15-8-16(2)10-18(9-15)22-14-26-21-6-7-28(24(21)27-22)19-5-4-17(3)23(11-19)29-20-12-25-13-20/h4-11,14,20,25H,12-13H2,1-3H3. The quantitative estimate of drug-likeness (QED) is 0.568. The summed E-state index contributed by atoms with van der Waals surface area (Å²) in [4.78, 5) is 9.60. The fourth-order valence-electron chi connectivity index (χ4n) is 3.76. The SMILES string of the molecule is Cc1cc(C)cc(-c2cnc3ccn(-c4ccc(C)c(OC5CNC5)c4)c3n2)c1. The molecule has 1 aliphatic heterocycles. The summed E-state index contributed by atoms with van der Waals surface area (Å²) >= 11 is 0. The Morgan fingerprint density at radius 2 is 1.79 bits per heavy atom. The molecule has 29 heavy (non-hydrogen) atoms. The molecule has 0 bridgehead atoms. The minimum atomic E-state index is 0.251. The second-order valence-corrected chi connectivity index (χ2v) is 7.87. The van der Waals surface area contributed by atoms with Crippen LogP contribution in [0.2, 0.25) is 0 Å². The number of aromatic nitrogens is 3. The molecule has 0 amide bonds. The molecule has 1 N–H and O–H groups in total. The van der Waals surface area contributed by atoms with Gasteiger partial charge in [-0.1, -0.05) is 23.3 Å². The summed E-state index contributed by atoms with van der Waals surface area (Å²) in [5.41, 5.74) is 8.32. The van der Waals surface area contributed by atoms with Crippen molar-refractivity contribution in [3.63, 3.8) is 0 Å². The molecule has 0 spiro atoms. The molecule has 5 heteroatoms. The van der Waals surface area contributed by atoms with Gasteiger partial charge < -0.3 is 10.1 Å². The lowest BCUT2D eigenvalue weighted by Crippen LogP contribution is -2.50. The molecule has 0 atom stereocenters. The van der Waals surface area contributed by atoms with Gasteiger partial charge in [-0.05, 0) is 50.6 Å². The van der Waals surface area contributed by atoms with E-state index in [1.807, 2.05) is 18.5 Å². The Bertz CT molecular complexity index is 1190. The number of hydrogen-bond donors (Lipinski definition) is 1. The highest BCUT2D eigenvalue weighted by atomic mass is 16.5. The fourth-order valence-corrected chi connectivity index (χ4v) is 3.76. The van der Waals surface area contributed by atoms with Crippen LogP contribution in [0, 0.1) is 20.8 Å². The smallest absolute Gasteiger partial charge is 0.163 e. The Labute approximate surface area is 170 Å². The second kappa shape index (κ2) is 7.01. The van der Waals surface area contributed by atoms with Crippen molar-refractivity contribution in [1.29, 1.82) is 0 Å². The number of fused-ring (bicyclic) bond motifs is 1. The zero-order valence-corrected chi connectivity index (χ0v) is 16.9. The van der Waals surface area contributed by atoms with E-state index in [9.17, 15) is 0 Å². The summed E-state index contributed by atoms with van der Waals surface area (Å²) in [6, 6.07) is 14.8. The van der Waals surface area contributed by atoms with Gasteiger partial charge in [0.25, 0.3) is 0 Å². The van der Waals surface area contributed by atoms with E-state index in [0.29, 0.717) is 0 Å². The summed E-state index contributed by atoms with van der Waals surface area (Å²) in [5.74, 6) is 0.925. The Kier molecular flexibility index (Phi) is 4.32. The van der Waals surface area contributed by atoms with Gasteiger partial charge in [0, 0.05) is 30.9 Å². The molecular formula is C24H24N4O. The number of rotatable bonds is 4. The number of benzene rings is 2. The van der Waals surface area contributed by atoms with Crippen molar-refractivity contribution in [2.45, 2.75) is 26.9 Å². The van der Waals surface area contributed by atoms with Gasteiger partial charge in [0.15, 0.2) is 5.65 Å². The third-order valence-electron chi connectivity index (χ3n) is 5.40. The first-order chi connectivity index (χ1) is 14.1. The van der Waals surface area contributed by atoms with E-state index in [1.165, 1.54) is 11.1 Å². The van der Waals surface area contributed by atoms with Gasteiger partial charge in [0.2, 0.25) is 0 Å². The lowest BCUT2D eigenvalue weighted by Gasteiger charge is -2.28. The predicted octanol–water partition coefficient (Wildman–Crippen LogP) is 4.36. The molecule has 1 fully saturated rings. The molecule has 146 valence electrons. The Balaban J connectivity index is 1.58. The molecule has 4 aromatic rings. The van der Waals surface area contributed by atoms with E-state index in [-0.39, 0.29) is 6.10 Å². The van der Waals surface area contributed by atoms with Gasteiger partial charge in [-0.2, -0.15) is 0 Å². The number of hydrogen-bond acceptors (Lipinski definition) is 4. The molecule has 5 nitrogen and oxygen atoms in total. The van der Waals surface area contributed by atoms with Crippen LogP contribution in [-0.4, -0.2) is 33.7 Å². The van der Waals surface area contributed by atoms with Crippen LogP contribution < -0.4 is 10.1 Å². The number of nitrogens with one attached hydrogen (secondary N) is 1. The van der Waals surface area contributed by atoms with Crippen molar-refractivity contribution >= 4 is 11.2 Å². The minimum Gasteiger partial charge on any atom is -0.487 e. The average Bonchev–Trinajstić information content (AvgIpc) is 3.08. The Morgan fingerprint density at radius 3 is 2.52 bits per heavy atom. The summed E-state index contributed by atoms with van der Waals surface area (Å²) in [6.45, 7) is 8.10. The van der Waals surface area contributed by atoms with Crippen LogP contribution in [0.4, 0.5) is 0 Å². The van der Waals surface area contributed by atoms with Gasteiger partial charge in [0.1, 0.15) is 17.4 Å². The highest BCUT2D eigenvalue weighted by Gasteiger charge is 2.19. The average molecular weight is 384 g/mol. The van der Waals surface area contributed by atoms with Crippen LogP contribution in [0.1, 0.15) is 16.7 Å². The molecule has 0 saturated carbocycles. The van der Waals surface area contributed by atoms with Gasteiger partial charge >= 0.3 is 0 Å². The maximum atomic E-state index is 6.14. The van der Waals surface area contributed by atoms with Crippen LogP contribution >= 0.6 is 0 Å².